The number of aromatic nitrogens is 1. The summed E-state index contributed by atoms with van der Waals surface area (Å²) in [6.45, 7) is 4.83. The molecule has 0 aliphatic carbocycles. The summed E-state index contributed by atoms with van der Waals surface area (Å²) >= 11 is 1.29. The van der Waals surface area contributed by atoms with Crippen molar-refractivity contribution in [2.75, 3.05) is 0 Å². The highest BCUT2D eigenvalue weighted by molar-refractivity contribution is 7.11. The number of amides is 1. The molecule has 19 heavy (non-hydrogen) atoms. The van der Waals surface area contributed by atoms with Crippen LogP contribution in [-0.4, -0.2) is 34.3 Å². The van der Waals surface area contributed by atoms with E-state index in [1.54, 1.807) is 13.8 Å². The van der Waals surface area contributed by atoms with E-state index in [9.17, 15) is 18.0 Å². The van der Waals surface area contributed by atoms with Crippen LogP contribution in [0.25, 0.3) is 0 Å². The van der Waals surface area contributed by atoms with E-state index in [0.717, 1.165) is 0 Å². The van der Waals surface area contributed by atoms with E-state index in [4.69, 9.17) is 5.11 Å². The molecule has 2 unspecified atom stereocenters. The maximum Gasteiger partial charge on any atom is 0.416 e. The summed E-state index contributed by atoms with van der Waals surface area (Å²) in [4.78, 5) is 16.4. The monoisotopic (exact) mass is 296 g/mol. The van der Waals surface area contributed by atoms with Crippen molar-refractivity contribution in [1.29, 1.82) is 0 Å². The Kier molecular flexibility index (Phi) is 4.92. The van der Waals surface area contributed by atoms with E-state index in [1.807, 2.05) is 0 Å². The van der Waals surface area contributed by atoms with E-state index >= 15 is 0 Å². The van der Waals surface area contributed by atoms with E-state index in [0.29, 0.717) is 9.88 Å². The number of aliphatic hydroxyl groups is 1. The van der Waals surface area contributed by atoms with Gasteiger partial charge in [0.15, 0.2) is 6.10 Å². The van der Waals surface area contributed by atoms with Crippen LogP contribution in [0.2, 0.25) is 0 Å². The lowest BCUT2D eigenvalue weighted by molar-refractivity contribution is -0.211. The molecule has 1 heterocycles. The SMILES string of the molecule is CCC(NC(=O)c1nc(C)sc1C)C(O)C(F)(F)F. The number of nitrogens with zero attached hydrogens (tertiary/aromatic N) is 1. The Morgan fingerprint density at radius 3 is 2.42 bits per heavy atom. The van der Waals surface area contributed by atoms with Crippen molar-refractivity contribution in [3.8, 4) is 0 Å². The second-order valence-corrected chi connectivity index (χ2v) is 5.52. The topological polar surface area (TPSA) is 62.2 Å². The summed E-state index contributed by atoms with van der Waals surface area (Å²) in [6, 6.07) is -1.38. The van der Waals surface area contributed by atoms with Crippen LogP contribution in [0.1, 0.15) is 33.7 Å². The number of carbonyl (C=O) groups excluding carboxylic acids is 1. The largest absolute Gasteiger partial charge is 0.416 e. The van der Waals surface area contributed by atoms with Gasteiger partial charge in [-0.3, -0.25) is 4.79 Å². The number of aryl methyl sites for hydroxylation is 2. The predicted octanol–water partition coefficient (Wildman–Crippen LogP) is 2.19. The van der Waals surface area contributed by atoms with Crippen molar-refractivity contribution in [2.45, 2.75) is 45.5 Å². The Morgan fingerprint density at radius 2 is 2.05 bits per heavy atom. The normalized spacial score (nSPS) is 15.1. The van der Waals surface area contributed by atoms with Crippen molar-refractivity contribution in [2.24, 2.45) is 0 Å². The standard InChI is InChI=1S/C11H15F3N2O2S/c1-4-7(9(17)11(12,13)14)16-10(18)8-5(2)19-6(3)15-8/h7,9,17H,4H2,1-3H3,(H,16,18). The van der Waals surface area contributed by atoms with Gasteiger partial charge in [0, 0.05) is 4.88 Å². The molecule has 0 spiro atoms. The van der Waals surface area contributed by atoms with E-state index in [-0.39, 0.29) is 12.1 Å². The fourth-order valence-corrected chi connectivity index (χ4v) is 2.42. The first-order valence-electron chi connectivity index (χ1n) is 5.66. The third-order valence-electron chi connectivity index (χ3n) is 2.59. The molecule has 0 bridgehead atoms. The highest BCUT2D eigenvalue weighted by Gasteiger charge is 2.43. The minimum Gasteiger partial charge on any atom is -0.382 e. The first-order chi connectivity index (χ1) is 8.66. The van der Waals surface area contributed by atoms with E-state index < -0.39 is 24.2 Å². The molecule has 0 radical (unpaired) electrons. The second kappa shape index (κ2) is 5.87. The number of carbonyl (C=O) groups is 1. The molecule has 2 N–H and O–H groups in total. The van der Waals surface area contributed by atoms with Crippen LogP contribution >= 0.6 is 11.3 Å². The summed E-state index contributed by atoms with van der Waals surface area (Å²) in [5.74, 6) is -0.697. The smallest absolute Gasteiger partial charge is 0.382 e. The molecule has 1 aromatic heterocycles. The van der Waals surface area contributed by atoms with Crippen molar-refractivity contribution in [3.05, 3.63) is 15.6 Å². The van der Waals surface area contributed by atoms with Gasteiger partial charge in [-0.05, 0) is 20.3 Å². The zero-order chi connectivity index (χ0) is 14.8. The molecule has 8 heteroatoms. The van der Waals surface area contributed by atoms with E-state index in [2.05, 4.69) is 10.3 Å². The molecule has 108 valence electrons. The molecule has 2 atom stereocenters. The summed E-state index contributed by atoms with van der Waals surface area (Å²) in [6.07, 6.45) is -7.38. The van der Waals surface area contributed by atoms with Gasteiger partial charge in [0.05, 0.1) is 11.0 Å². The quantitative estimate of drug-likeness (QED) is 0.895. The third-order valence-corrected chi connectivity index (χ3v) is 3.48. The van der Waals surface area contributed by atoms with Crippen molar-refractivity contribution in [3.63, 3.8) is 0 Å². The van der Waals surface area contributed by atoms with Gasteiger partial charge in [-0.1, -0.05) is 6.92 Å². The van der Waals surface area contributed by atoms with E-state index in [1.165, 1.54) is 18.3 Å². The van der Waals surface area contributed by atoms with Gasteiger partial charge in [-0.2, -0.15) is 13.2 Å². The molecule has 0 aliphatic rings. The van der Waals surface area contributed by atoms with Crippen LogP contribution in [0.15, 0.2) is 0 Å². The molecule has 1 rings (SSSR count). The number of alkyl halides is 3. The third kappa shape index (κ3) is 3.90. The summed E-state index contributed by atoms with van der Waals surface area (Å²) < 4.78 is 37.2. The Labute approximate surface area is 112 Å². The van der Waals surface area contributed by atoms with Gasteiger partial charge in [0.2, 0.25) is 0 Å². The second-order valence-electron chi connectivity index (χ2n) is 4.11. The predicted molar refractivity (Wildman–Crippen MR) is 65.2 cm³/mol. The van der Waals surface area contributed by atoms with Crippen LogP contribution < -0.4 is 5.32 Å². The van der Waals surface area contributed by atoms with Crippen LogP contribution in [0.3, 0.4) is 0 Å². The minimum absolute atomic E-state index is 0.0332. The number of aliphatic hydroxyl groups excluding tert-OH is 1. The highest BCUT2D eigenvalue weighted by Crippen LogP contribution is 2.24. The lowest BCUT2D eigenvalue weighted by Gasteiger charge is -2.24. The fraction of sp³-hybridized carbons (Fsp3) is 0.636. The number of rotatable bonds is 4. The first-order valence-corrected chi connectivity index (χ1v) is 6.48. The number of hydrogen-bond donors (Lipinski definition) is 2. The van der Waals surface area contributed by atoms with Gasteiger partial charge < -0.3 is 10.4 Å². The Hall–Kier alpha value is -1.15. The Balaban J connectivity index is 2.82. The van der Waals surface area contributed by atoms with Crippen LogP contribution in [-0.2, 0) is 0 Å². The molecule has 1 amide bonds. The van der Waals surface area contributed by atoms with Crippen molar-refractivity contribution >= 4 is 17.2 Å². The Bertz CT molecular complexity index is 459. The van der Waals surface area contributed by atoms with Gasteiger partial charge in [0.1, 0.15) is 5.69 Å². The van der Waals surface area contributed by atoms with Crippen LogP contribution in [0, 0.1) is 13.8 Å². The maximum absolute atomic E-state index is 12.4. The van der Waals surface area contributed by atoms with Crippen molar-refractivity contribution in [1.82, 2.24) is 10.3 Å². The van der Waals surface area contributed by atoms with Gasteiger partial charge >= 0.3 is 6.18 Å². The summed E-state index contributed by atoms with van der Waals surface area (Å²) in [5, 5.41) is 12.0. The maximum atomic E-state index is 12.4. The highest BCUT2D eigenvalue weighted by atomic mass is 32.1. The number of thiazole rings is 1. The summed E-state index contributed by atoms with van der Waals surface area (Å²) in [7, 11) is 0. The zero-order valence-corrected chi connectivity index (χ0v) is 11.5. The number of hydrogen-bond acceptors (Lipinski definition) is 4. The average molecular weight is 296 g/mol. The lowest BCUT2D eigenvalue weighted by atomic mass is 10.1. The average Bonchev–Trinajstić information content (AvgIpc) is 2.63. The van der Waals surface area contributed by atoms with Gasteiger partial charge in [-0.15, -0.1) is 11.3 Å². The van der Waals surface area contributed by atoms with Crippen LogP contribution in [0.4, 0.5) is 13.2 Å². The summed E-state index contributed by atoms with van der Waals surface area (Å²) in [5.41, 5.74) is 0.107. The Morgan fingerprint density at radius 1 is 1.47 bits per heavy atom. The van der Waals surface area contributed by atoms with Gasteiger partial charge in [0.25, 0.3) is 5.91 Å². The fourth-order valence-electron chi connectivity index (χ4n) is 1.61. The minimum atomic E-state index is -4.76. The zero-order valence-electron chi connectivity index (χ0n) is 10.7. The van der Waals surface area contributed by atoms with Gasteiger partial charge in [-0.25, -0.2) is 4.98 Å². The lowest BCUT2D eigenvalue weighted by Crippen LogP contribution is -2.49. The van der Waals surface area contributed by atoms with Crippen LogP contribution in [0.5, 0.6) is 0 Å². The number of nitrogens with one attached hydrogen (secondary N) is 1. The molecule has 4 nitrogen and oxygen atoms in total. The molecular weight excluding hydrogens is 281 g/mol. The molecule has 0 saturated carbocycles. The molecule has 0 aromatic carbocycles. The molecule has 1 aromatic rings. The molecule has 0 saturated heterocycles. The molecule has 0 fully saturated rings. The first kappa shape index (κ1) is 15.9. The number of halogens is 3. The van der Waals surface area contributed by atoms with Crippen molar-refractivity contribution < 1.29 is 23.1 Å². The molecule has 0 aliphatic heterocycles. The molecular formula is C11H15F3N2O2S.